The van der Waals surface area contributed by atoms with Gasteiger partial charge in [-0.15, -0.1) is 0 Å². The molecule has 3 rings (SSSR count). The molecule has 0 unspecified atom stereocenters. The van der Waals surface area contributed by atoms with Crippen LogP contribution in [0, 0.1) is 0 Å². The quantitative estimate of drug-likeness (QED) is 0.880. The number of aromatic nitrogens is 1. The van der Waals surface area contributed by atoms with Crippen molar-refractivity contribution < 1.29 is 14.7 Å². The molecule has 2 heterocycles. The number of aromatic amines is 1. The number of para-hydroxylation sites is 1. The first-order chi connectivity index (χ1) is 9.16. The van der Waals surface area contributed by atoms with Crippen molar-refractivity contribution in [2.75, 3.05) is 0 Å². The van der Waals surface area contributed by atoms with Crippen LogP contribution in [0.5, 0.6) is 0 Å². The minimum atomic E-state index is -0.925. The Hall–Kier alpha value is -2.30. The lowest BCUT2D eigenvalue weighted by Crippen LogP contribution is -2.37. The van der Waals surface area contributed by atoms with Crippen LogP contribution in [0.4, 0.5) is 0 Å². The smallest absolute Gasteiger partial charge is 0.326 e. The maximum Gasteiger partial charge on any atom is 0.326 e. The van der Waals surface area contributed by atoms with Crippen LogP contribution in [0.1, 0.15) is 18.4 Å². The van der Waals surface area contributed by atoms with Gasteiger partial charge in [-0.1, -0.05) is 18.2 Å². The van der Waals surface area contributed by atoms with Crippen LogP contribution in [0.15, 0.2) is 30.5 Å². The molecule has 19 heavy (non-hydrogen) atoms. The third kappa shape index (κ3) is 1.97. The molecule has 1 aromatic heterocycles. The standard InChI is InChI=1S/C14H14N2O3/c17-13-6-5-12(14(18)19)16(13)8-9-7-15-11-4-2-1-3-10(9)11/h1-4,7,12,15H,5-6,8H2,(H,18,19)/t12-/m0/s1. The number of hydrogen-bond donors (Lipinski definition) is 2. The van der Waals surface area contributed by atoms with Crippen molar-refractivity contribution in [3.05, 3.63) is 36.0 Å². The van der Waals surface area contributed by atoms with Crippen LogP contribution in [0.3, 0.4) is 0 Å². The Morgan fingerprint density at radius 1 is 1.42 bits per heavy atom. The minimum absolute atomic E-state index is 0.0855. The largest absolute Gasteiger partial charge is 0.480 e. The minimum Gasteiger partial charge on any atom is -0.480 e. The van der Waals surface area contributed by atoms with Gasteiger partial charge in [-0.2, -0.15) is 0 Å². The number of hydrogen-bond acceptors (Lipinski definition) is 2. The van der Waals surface area contributed by atoms with E-state index >= 15 is 0 Å². The number of carbonyl (C=O) groups excluding carboxylic acids is 1. The van der Waals surface area contributed by atoms with Crippen molar-refractivity contribution in [3.63, 3.8) is 0 Å². The molecule has 1 amide bonds. The number of benzene rings is 1. The molecule has 0 bridgehead atoms. The number of H-pyrrole nitrogens is 1. The van der Waals surface area contributed by atoms with Gasteiger partial charge in [0.15, 0.2) is 0 Å². The molecule has 1 saturated heterocycles. The van der Waals surface area contributed by atoms with E-state index in [1.54, 1.807) is 0 Å². The molecular weight excluding hydrogens is 244 g/mol. The number of rotatable bonds is 3. The molecule has 1 aromatic carbocycles. The molecule has 2 aromatic rings. The molecule has 0 saturated carbocycles. The maximum absolute atomic E-state index is 11.8. The van der Waals surface area contributed by atoms with Gasteiger partial charge in [-0.05, 0) is 18.1 Å². The Balaban J connectivity index is 1.91. The lowest BCUT2D eigenvalue weighted by molar-refractivity contribution is -0.146. The van der Waals surface area contributed by atoms with Gasteiger partial charge in [0.05, 0.1) is 0 Å². The summed E-state index contributed by atoms with van der Waals surface area (Å²) in [6.45, 7) is 0.347. The Labute approximate surface area is 109 Å². The van der Waals surface area contributed by atoms with E-state index in [2.05, 4.69) is 4.98 Å². The Morgan fingerprint density at radius 3 is 3.00 bits per heavy atom. The summed E-state index contributed by atoms with van der Waals surface area (Å²) in [5, 5.41) is 10.2. The summed E-state index contributed by atoms with van der Waals surface area (Å²) in [6.07, 6.45) is 2.56. The molecule has 1 atom stereocenters. The number of nitrogens with zero attached hydrogens (tertiary/aromatic N) is 1. The summed E-state index contributed by atoms with van der Waals surface area (Å²) < 4.78 is 0. The first kappa shape index (κ1) is 11.8. The number of carboxylic acids is 1. The molecule has 98 valence electrons. The van der Waals surface area contributed by atoms with E-state index in [1.807, 2.05) is 30.5 Å². The fraction of sp³-hybridized carbons (Fsp3) is 0.286. The van der Waals surface area contributed by atoms with Gasteiger partial charge >= 0.3 is 5.97 Å². The zero-order valence-electron chi connectivity index (χ0n) is 10.3. The molecule has 0 aliphatic carbocycles. The molecule has 0 radical (unpaired) electrons. The number of aliphatic carboxylic acids is 1. The Morgan fingerprint density at radius 2 is 2.21 bits per heavy atom. The lowest BCUT2D eigenvalue weighted by Gasteiger charge is -2.21. The number of amides is 1. The maximum atomic E-state index is 11.8. The molecule has 1 fully saturated rings. The highest BCUT2D eigenvalue weighted by Gasteiger charge is 2.36. The van der Waals surface area contributed by atoms with E-state index in [-0.39, 0.29) is 5.91 Å². The van der Waals surface area contributed by atoms with Gasteiger partial charge in [-0.25, -0.2) is 4.79 Å². The van der Waals surface area contributed by atoms with Gasteiger partial charge in [0.2, 0.25) is 5.91 Å². The van der Waals surface area contributed by atoms with E-state index in [9.17, 15) is 9.59 Å². The summed E-state index contributed by atoms with van der Waals surface area (Å²) in [5.41, 5.74) is 1.95. The van der Waals surface area contributed by atoms with Gasteiger partial charge in [-0.3, -0.25) is 4.79 Å². The zero-order chi connectivity index (χ0) is 13.4. The van der Waals surface area contributed by atoms with Gasteiger partial charge in [0, 0.05) is 30.1 Å². The van der Waals surface area contributed by atoms with Crippen LogP contribution in [-0.4, -0.2) is 32.9 Å². The highest BCUT2D eigenvalue weighted by atomic mass is 16.4. The Bertz CT molecular complexity index is 647. The lowest BCUT2D eigenvalue weighted by atomic mass is 10.1. The second-order valence-corrected chi connectivity index (χ2v) is 4.77. The highest BCUT2D eigenvalue weighted by Crippen LogP contribution is 2.25. The van der Waals surface area contributed by atoms with Gasteiger partial charge in [0.1, 0.15) is 6.04 Å². The average molecular weight is 258 g/mol. The number of carbonyl (C=O) groups is 2. The number of likely N-dealkylation sites (tertiary alicyclic amines) is 1. The van der Waals surface area contributed by atoms with E-state index in [1.165, 1.54) is 4.90 Å². The van der Waals surface area contributed by atoms with Crippen LogP contribution < -0.4 is 0 Å². The van der Waals surface area contributed by atoms with E-state index in [4.69, 9.17) is 5.11 Å². The van der Waals surface area contributed by atoms with E-state index in [0.29, 0.717) is 19.4 Å². The number of fused-ring (bicyclic) bond motifs is 1. The number of carboxylic acid groups (broad SMARTS) is 1. The average Bonchev–Trinajstić information content (AvgIpc) is 2.96. The van der Waals surface area contributed by atoms with Crippen molar-refractivity contribution in [2.24, 2.45) is 0 Å². The predicted octanol–water partition coefficient (Wildman–Crippen LogP) is 1.74. The molecule has 5 heteroatoms. The first-order valence-electron chi connectivity index (χ1n) is 6.24. The molecule has 1 aliphatic heterocycles. The third-order valence-electron chi connectivity index (χ3n) is 3.63. The van der Waals surface area contributed by atoms with Gasteiger partial charge in [0.25, 0.3) is 0 Å². The monoisotopic (exact) mass is 258 g/mol. The van der Waals surface area contributed by atoms with Crippen LogP contribution in [0.2, 0.25) is 0 Å². The predicted molar refractivity (Wildman–Crippen MR) is 69.5 cm³/mol. The summed E-state index contributed by atoms with van der Waals surface area (Å²) in [6, 6.07) is 7.10. The normalized spacial score (nSPS) is 19.3. The SMILES string of the molecule is O=C(O)[C@@H]1CCC(=O)N1Cc1c[nH]c2ccccc12. The molecule has 0 spiro atoms. The fourth-order valence-electron chi connectivity index (χ4n) is 2.63. The first-order valence-corrected chi connectivity index (χ1v) is 6.24. The Kier molecular flexibility index (Phi) is 2.74. The van der Waals surface area contributed by atoms with Crippen molar-refractivity contribution in [1.82, 2.24) is 9.88 Å². The molecule has 1 aliphatic rings. The second-order valence-electron chi connectivity index (χ2n) is 4.77. The molecular formula is C14H14N2O3. The molecule has 2 N–H and O–H groups in total. The van der Waals surface area contributed by atoms with Crippen LogP contribution in [-0.2, 0) is 16.1 Å². The second kappa shape index (κ2) is 4.42. The topological polar surface area (TPSA) is 73.4 Å². The van der Waals surface area contributed by atoms with Crippen molar-refractivity contribution >= 4 is 22.8 Å². The summed E-state index contributed by atoms with van der Waals surface area (Å²) in [5.74, 6) is -1.01. The summed E-state index contributed by atoms with van der Waals surface area (Å²) >= 11 is 0. The van der Waals surface area contributed by atoms with E-state index < -0.39 is 12.0 Å². The number of nitrogens with one attached hydrogen (secondary N) is 1. The molecule has 5 nitrogen and oxygen atoms in total. The zero-order valence-corrected chi connectivity index (χ0v) is 10.3. The van der Waals surface area contributed by atoms with Gasteiger partial charge < -0.3 is 15.0 Å². The van der Waals surface area contributed by atoms with Crippen molar-refractivity contribution in [2.45, 2.75) is 25.4 Å². The highest BCUT2D eigenvalue weighted by molar-refractivity contribution is 5.88. The fourth-order valence-corrected chi connectivity index (χ4v) is 2.63. The van der Waals surface area contributed by atoms with E-state index in [0.717, 1.165) is 16.5 Å². The van der Waals surface area contributed by atoms with Crippen molar-refractivity contribution in [3.8, 4) is 0 Å². The van der Waals surface area contributed by atoms with Crippen LogP contribution in [0.25, 0.3) is 10.9 Å². The summed E-state index contributed by atoms with van der Waals surface area (Å²) in [4.78, 5) is 27.5. The third-order valence-corrected chi connectivity index (χ3v) is 3.63. The van der Waals surface area contributed by atoms with Crippen LogP contribution >= 0.6 is 0 Å². The van der Waals surface area contributed by atoms with Crippen molar-refractivity contribution in [1.29, 1.82) is 0 Å². The summed E-state index contributed by atoms with van der Waals surface area (Å²) in [7, 11) is 0.